The van der Waals surface area contributed by atoms with E-state index in [0.717, 1.165) is 27.7 Å². The highest BCUT2D eigenvalue weighted by atomic mass is 32.2. The lowest BCUT2D eigenvalue weighted by atomic mass is 10.3. The van der Waals surface area contributed by atoms with Gasteiger partial charge in [-0.05, 0) is 19.1 Å². The molecule has 0 N–H and O–H groups in total. The van der Waals surface area contributed by atoms with Crippen LogP contribution in [0.2, 0.25) is 0 Å². The van der Waals surface area contributed by atoms with E-state index < -0.39 is 0 Å². The van der Waals surface area contributed by atoms with Crippen molar-refractivity contribution in [2.24, 2.45) is 7.05 Å². The van der Waals surface area contributed by atoms with Crippen LogP contribution in [0.1, 0.15) is 6.92 Å². The minimum absolute atomic E-state index is 0.677. The molecular weight excluding hydrogens is 232 g/mol. The molecule has 0 spiro atoms. The van der Waals surface area contributed by atoms with Gasteiger partial charge in [0, 0.05) is 18.9 Å². The zero-order chi connectivity index (χ0) is 12.3. The first-order chi connectivity index (χ1) is 8.26. The van der Waals surface area contributed by atoms with Gasteiger partial charge in [-0.15, -0.1) is 6.58 Å². The third kappa shape index (κ3) is 2.47. The minimum atomic E-state index is 0.677. The second kappa shape index (κ2) is 5.27. The number of imidazole rings is 1. The van der Waals surface area contributed by atoms with Crippen molar-refractivity contribution in [2.45, 2.75) is 12.1 Å². The number of aryl methyl sites for hydroxylation is 1. The summed E-state index contributed by atoms with van der Waals surface area (Å²) in [6, 6.07) is 6.01. The van der Waals surface area contributed by atoms with E-state index in [1.54, 1.807) is 11.8 Å². The van der Waals surface area contributed by atoms with E-state index in [9.17, 15) is 0 Å². The number of hydrogen-bond acceptors (Lipinski definition) is 3. The second-order valence-electron chi connectivity index (χ2n) is 3.64. The summed E-state index contributed by atoms with van der Waals surface area (Å²) in [7, 11) is 2.03. The van der Waals surface area contributed by atoms with E-state index >= 15 is 0 Å². The Balaban J connectivity index is 2.38. The summed E-state index contributed by atoms with van der Waals surface area (Å²) in [4.78, 5) is 4.59. The quantitative estimate of drug-likeness (QED) is 0.600. The molecule has 0 aliphatic carbocycles. The fraction of sp³-hybridized carbons (Fsp3) is 0.308. The lowest BCUT2D eigenvalue weighted by Crippen LogP contribution is -1.92. The normalized spacial score (nSPS) is 10.7. The van der Waals surface area contributed by atoms with Gasteiger partial charge in [0.1, 0.15) is 5.75 Å². The molecule has 0 aliphatic rings. The maximum Gasteiger partial charge on any atom is 0.169 e. The number of ether oxygens (including phenoxy) is 1. The summed E-state index contributed by atoms with van der Waals surface area (Å²) in [6.07, 6.45) is 1.88. The monoisotopic (exact) mass is 248 g/mol. The SMILES string of the molecule is C=CCSc1nc2cc(OCC)ccc2n1C. The first kappa shape index (κ1) is 12.0. The molecule has 0 atom stereocenters. The Morgan fingerprint density at radius 3 is 3.06 bits per heavy atom. The van der Waals surface area contributed by atoms with Crippen LogP contribution in [0, 0.1) is 0 Å². The maximum absolute atomic E-state index is 5.47. The zero-order valence-electron chi connectivity index (χ0n) is 10.1. The van der Waals surface area contributed by atoms with E-state index in [1.165, 1.54) is 0 Å². The average Bonchev–Trinajstić information content (AvgIpc) is 2.64. The van der Waals surface area contributed by atoms with Crippen LogP contribution in [0.4, 0.5) is 0 Å². The Kier molecular flexibility index (Phi) is 3.74. The lowest BCUT2D eigenvalue weighted by molar-refractivity contribution is 0.340. The number of hydrogen-bond donors (Lipinski definition) is 0. The fourth-order valence-corrected chi connectivity index (χ4v) is 2.40. The van der Waals surface area contributed by atoms with E-state index in [4.69, 9.17) is 4.74 Å². The number of rotatable bonds is 5. The van der Waals surface area contributed by atoms with Crippen LogP contribution in [0.5, 0.6) is 5.75 Å². The largest absolute Gasteiger partial charge is 0.494 e. The molecule has 0 aliphatic heterocycles. The molecule has 0 saturated carbocycles. The number of thioether (sulfide) groups is 1. The Hall–Kier alpha value is -1.42. The van der Waals surface area contributed by atoms with Crippen molar-refractivity contribution in [1.82, 2.24) is 9.55 Å². The average molecular weight is 248 g/mol. The molecule has 90 valence electrons. The molecule has 0 saturated heterocycles. The highest BCUT2D eigenvalue weighted by Crippen LogP contribution is 2.25. The molecule has 2 aromatic rings. The third-order valence-electron chi connectivity index (χ3n) is 2.45. The van der Waals surface area contributed by atoms with Crippen LogP contribution < -0.4 is 4.74 Å². The van der Waals surface area contributed by atoms with Crippen LogP contribution in [0.25, 0.3) is 11.0 Å². The van der Waals surface area contributed by atoms with Crippen molar-refractivity contribution < 1.29 is 4.74 Å². The van der Waals surface area contributed by atoms with Crippen LogP contribution in [0.15, 0.2) is 36.0 Å². The van der Waals surface area contributed by atoms with Gasteiger partial charge in [-0.3, -0.25) is 0 Å². The Labute approximate surface area is 105 Å². The molecule has 0 fully saturated rings. The maximum atomic E-state index is 5.47. The summed E-state index contributed by atoms with van der Waals surface area (Å²) in [6.45, 7) is 6.38. The molecule has 0 amide bonds. The van der Waals surface area contributed by atoms with E-state index in [1.807, 2.05) is 38.2 Å². The highest BCUT2D eigenvalue weighted by Gasteiger charge is 2.08. The van der Waals surface area contributed by atoms with Crippen molar-refractivity contribution in [3.63, 3.8) is 0 Å². The first-order valence-electron chi connectivity index (χ1n) is 5.59. The van der Waals surface area contributed by atoms with E-state index in [0.29, 0.717) is 6.61 Å². The van der Waals surface area contributed by atoms with Gasteiger partial charge in [0.05, 0.1) is 17.6 Å². The molecule has 1 aromatic carbocycles. The van der Waals surface area contributed by atoms with Crippen molar-refractivity contribution in [2.75, 3.05) is 12.4 Å². The van der Waals surface area contributed by atoms with Gasteiger partial charge < -0.3 is 9.30 Å². The topological polar surface area (TPSA) is 27.1 Å². The fourth-order valence-electron chi connectivity index (χ4n) is 1.68. The Bertz CT molecular complexity index is 533. The lowest BCUT2D eigenvalue weighted by Gasteiger charge is -2.02. The van der Waals surface area contributed by atoms with Crippen molar-refractivity contribution >= 4 is 22.8 Å². The van der Waals surface area contributed by atoms with Gasteiger partial charge in [-0.25, -0.2) is 4.98 Å². The van der Waals surface area contributed by atoms with Gasteiger partial charge in [0.15, 0.2) is 5.16 Å². The molecule has 4 heteroatoms. The molecule has 17 heavy (non-hydrogen) atoms. The molecule has 3 nitrogen and oxygen atoms in total. The summed E-state index contributed by atoms with van der Waals surface area (Å²) in [5.74, 6) is 1.74. The minimum Gasteiger partial charge on any atom is -0.494 e. The summed E-state index contributed by atoms with van der Waals surface area (Å²) >= 11 is 1.68. The number of aromatic nitrogens is 2. The van der Waals surface area contributed by atoms with Gasteiger partial charge in [0.2, 0.25) is 0 Å². The van der Waals surface area contributed by atoms with Gasteiger partial charge in [-0.2, -0.15) is 0 Å². The molecule has 0 bridgehead atoms. The number of fused-ring (bicyclic) bond motifs is 1. The number of nitrogens with zero attached hydrogens (tertiary/aromatic N) is 2. The first-order valence-corrected chi connectivity index (χ1v) is 6.57. The second-order valence-corrected chi connectivity index (χ2v) is 4.62. The van der Waals surface area contributed by atoms with E-state index in [2.05, 4.69) is 16.1 Å². The van der Waals surface area contributed by atoms with Crippen LogP contribution >= 0.6 is 11.8 Å². The van der Waals surface area contributed by atoms with E-state index in [-0.39, 0.29) is 0 Å². The van der Waals surface area contributed by atoms with Gasteiger partial charge >= 0.3 is 0 Å². The van der Waals surface area contributed by atoms with Crippen molar-refractivity contribution in [1.29, 1.82) is 0 Å². The van der Waals surface area contributed by atoms with Crippen molar-refractivity contribution in [3.8, 4) is 5.75 Å². The molecule has 0 unspecified atom stereocenters. The molecular formula is C13H16N2OS. The predicted octanol–water partition coefficient (Wildman–Crippen LogP) is 3.25. The van der Waals surface area contributed by atoms with Gasteiger partial charge in [0.25, 0.3) is 0 Å². The number of benzene rings is 1. The van der Waals surface area contributed by atoms with Crippen LogP contribution in [0.3, 0.4) is 0 Å². The van der Waals surface area contributed by atoms with Crippen LogP contribution in [-0.4, -0.2) is 21.9 Å². The smallest absolute Gasteiger partial charge is 0.169 e. The summed E-state index contributed by atoms with van der Waals surface area (Å²) in [5, 5.41) is 1.01. The zero-order valence-corrected chi connectivity index (χ0v) is 11.0. The third-order valence-corrected chi connectivity index (χ3v) is 3.48. The predicted molar refractivity (Wildman–Crippen MR) is 72.8 cm³/mol. The molecule has 2 rings (SSSR count). The van der Waals surface area contributed by atoms with Gasteiger partial charge in [-0.1, -0.05) is 17.8 Å². The molecule has 1 aromatic heterocycles. The molecule has 1 heterocycles. The van der Waals surface area contributed by atoms with Crippen LogP contribution in [-0.2, 0) is 7.05 Å². The van der Waals surface area contributed by atoms with Crippen molar-refractivity contribution in [3.05, 3.63) is 30.9 Å². The highest BCUT2D eigenvalue weighted by molar-refractivity contribution is 7.99. The summed E-state index contributed by atoms with van der Waals surface area (Å²) < 4.78 is 7.57. The Morgan fingerprint density at radius 1 is 1.53 bits per heavy atom. The summed E-state index contributed by atoms with van der Waals surface area (Å²) in [5.41, 5.74) is 2.10. The standard InChI is InChI=1S/C13H16N2OS/c1-4-8-17-13-14-11-9-10(16-5-2)6-7-12(11)15(13)3/h4,6-7,9H,1,5,8H2,2-3H3. The Morgan fingerprint density at radius 2 is 2.35 bits per heavy atom. The molecule has 0 radical (unpaired) electrons.